The molecule has 2 amide bonds. The van der Waals surface area contributed by atoms with Crippen molar-refractivity contribution < 1.29 is 17.7 Å². The zero-order chi connectivity index (χ0) is 13.0. The third kappa shape index (κ3) is 3.66. The second-order valence-electron chi connectivity index (χ2n) is 4.91. The summed E-state index contributed by atoms with van der Waals surface area (Å²) in [5, 5.41) is 0. The van der Waals surface area contributed by atoms with Gasteiger partial charge in [0.1, 0.15) is 0 Å². The first-order valence-electron chi connectivity index (χ1n) is 6.45. The number of amides is 2. The van der Waals surface area contributed by atoms with Gasteiger partial charge in [-0.05, 0) is 31.6 Å². The van der Waals surface area contributed by atoms with Crippen molar-refractivity contribution in [2.45, 2.75) is 25.7 Å². The highest BCUT2D eigenvalue weighted by atomic mass is 32.2. The minimum Gasteiger partial charge on any atom is -0.325 e. The number of piperidine rings is 1. The van der Waals surface area contributed by atoms with Gasteiger partial charge in [-0.15, -0.1) is 0 Å². The molecule has 0 spiro atoms. The van der Waals surface area contributed by atoms with E-state index in [1.165, 1.54) is 0 Å². The van der Waals surface area contributed by atoms with Crippen molar-refractivity contribution in [3.8, 4) is 0 Å². The second kappa shape index (κ2) is 6.49. The molecule has 2 saturated heterocycles. The Balaban J connectivity index is 1.72. The molecule has 2 aliphatic heterocycles. The van der Waals surface area contributed by atoms with Crippen LogP contribution in [-0.4, -0.2) is 57.4 Å². The number of hydrogen-bond donors (Lipinski definition) is 1. The lowest BCUT2D eigenvalue weighted by Gasteiger charge is -2.34. The van der Waals surface area contributed by atoms with Crippen molar-refractivity contribution in [1.29, 1.82) is 0 Å². The summed E-state index contributed by atoms with van der Waals surface area (Å²) < 4.78 is 23.6. The summed E-state index contributed by atoms with van der Waals surface area (Å²) in [7, 11) is 0. The molecule has 0 radical (unpaired) electrons. The average molecular weight is 276 g/mol. The van der Waals surface area contributed by atoms with Gasteiger partial charge in [-0.3, -0.25) is 8.74 Å². The molecular formula is C11H20N2O4S. The lowest BCUT2D eigenvalue weighted by molar-refractivity contribution is 0.125. The van der Waals surface area contributed by atoms with Gasteiger partial charge in [0.15, 0.2) is 0 Å². The zero-order valence-corrected chi connectivity index (χ0v) is 11.2. The predicted octanol–water partition coefficient (Wildman–Crippen LogP) is 1.07. The van der Waals surface area contributed by atoms with E-state index in [0.29, 0.717) is 6.61 Å². The molecule has 0 aromatic carbocycles. The second-order valence-corrected chi connectivity index (χ2v) is 5.58. The summed E-state index contributed by atoms with van der Waals surface area (Å²) in [5.74, 6) is 0.281. The number of carbonyl (C=O) groups excluding carboxylic acids is 1. The van der Waals surface area contributed by atoms with E-state index >= 15 is 0 Å². The molecule has 1 unspecified atom stereocenters. The number of rotatable bonds is 3. The summed E-state index contributed by atoms with van der Waals surface area (Å²) in [5.41, 5.74) is 0. The quantitative estimate of drug-likeness (QED) is 0.783. The highest BCUT2D eigenvalue weighted by Crippen LogP contribution is 2.20. The lowest BCUT2D eigenvalue weighted by atomic mass is 9.98. The van der Waals surface area contributed by atoms with Crippen molar-refractivity contribution in [2.75, 3.05) is 32.8 Å². The monoisotopic (exact) mass is 276 g/mol. The molecule has 18 heavy (non-hydrogen) atoms. The van der Waals surface area contributed by atoms with Crippen LogP contribution in [0.1, 0.15) is 25.7 Å². The topological polar surface area (TPSA) is 70.1 Å². The van der Waals surface area contributed by atoms with Gasteiger partial charge in [-0.25, -0.2) is 4.79 Å². The molecule has 2 aliphatic rings. The molecule has 7 heteroatoms. The first-order chi connectivity index (χ1) is 8.66. The molecular weight excluding hydrogens is 256 g/mol. The maximum atomic E-state index is 12.1. The van der Waals surface area contributed by atoms with Gasteiger partial charge in [-0.1, -0.05) is 0 Å². The van der Waals surface area contributed by atoms with Crippen molar-refractivity contribution in [3.05, 3.63) is 0 Å². The van der Waals surface area contributed by atoms with Gasteiger partial charge in [-0.2, -0.15) is 4.21 Å². The number of urea groups is 1. The zero-order valence-electron chi connectivity index (χ0n) is 10.4. The third-order valence-corrected chi connectivity index (χ3v) is 4.00. The highest BCUT2D eigenvalue weighted by molar-refractivity contribution is 7.74. The van der Waals surface area contributed by atoms with E-state index in [1.54, 1.807) is 0 Å². The van der Waals surface area contributed by atoms with Gasteiger partial charge in [0.25, 0.3) is 0 Å². The first kappa shape index (κ1) is 13.8. The fourth-order valence-electron chi connectivity index (χ4n) is 2.55. The van der Waals surface area contributed by atoms with Crippen LogP contribution in [-0.2, 0) is 15.5 Å². The molecule has 2 heterocycles. The summed E-state index contributed by atoms with van der Waals surface area (Å²) in [6.07, 6.45) is 3.91. The van der Waals surface area contributed by atoms with Crippen molar-refractivity contribution in [3.63, 3.8) is 0 Å². The molecule has 0 aromatic heterocycles. The number of nitrogens with zero attached hydrogens (tertiary/aromatic N) is 2. The molecule has 104 valence electrons. The standard InChI is InChI=1S/C11H20N2O4S/c14-11(12-5-1-2-6-12)13-7-3-10(4-8-13)9-17-18(15)16/h10H,1-9H2,(H,15,16). The largest absolute Gasteiger partial charge is 0.325 e. The van der Waals surface area contributed by atoms with E-state index in [-0.39, 0.29) is 11.9 Å². The Morgan fingerprint density at radius 3 is 2.28 bits per heavy atom. The summed E-state index contributed by atoms with van der Waals surface area (Å²) >= 11 is -2.18. The van der Waals surface area contributed by atoms with Crippen LogP contribution in [0.2, 0.25) is 0 Å². The number of hydrogen-bond acceptors (Lipinski definition) is 3. The summed E-state index contributed by atoms with van der Waals surface area (Å²) in [6, 6.07) is 0.151. The van der Waals surface area contributed by atoms with Crippen molar-refractivity contribution in [2.24, 2.45) is 5.92 Å². The summed E-state index contributed by atoms with van der Waals surface area (Å²) in [6.45, 7) is 3.51. The molecule has 0 saturated carbocycles. The minimum absolute atomic E-state index is 0.151. The van der Waals surface area contributed by atoms with E-state index in [9.17, 15) is 9.00 Å². The Morgan fingerprint density at radius 1 is 1.17 bits per heavy atom. The Labute approximate surface area is 110 Å². The van der Waals surface area contributed by atoms with Crippen LogP contribution < -0.4 is 0 Å². The molecule has 0 aromatic rings. The smallest absolute Gasteiger partial charge is 0.319 e. The molecule has 0 bridgehead atoms. The maximum absolute atomic E-state index is 12.1. The molecule has 6 nitrogen and oxygen atoms in total. The van der Waals surface area contributed by atoms with Crippen LogP contribution >= 0.6 is 0 Å². The molecule has 0 aliphatic carbocycles. The Morgan fingerprint density at radius 2 is 1.72 bits per heavy atom. The van der Waals surface area contributed by atoms with Crippen LogP contribution in [0.4, 0.5) is 4.79 Å². The van der Waals surface area contributed by atoms with Crippen LogP contribution in [0, 0.1) is 5.92 Å². The molecule has 2 fully saturated rings. The van der Waals surface area contributed by atoms with Crippen LogP contribution in [0.15, 0.2) is 0 Å². The van der Waals surface area contributed by atoms with Gasteiger partial charge >= 0.3 is 17.4 Å². The van der Waals surface area contributed by atoms with E-state index < -0.39 is 11.4 Å². The van der Waals surface area contributed by atoms with Gasteiger partial charge < -0.3 is 9.80 Å². The fourth-order valence-corrected chi connectivity index (χ4v) is 2.86. The third-order valence-electron chi connectivity index (χ3n) is 3.67. The highest BCUT2D eigenvalue weighted by Gasteiger charge is 2.27. The van der Waals surface area contributed by atoms with Gasteiger partial charge in [0, 0.05) is 26.2 Å². The Bertz CT molecular complexity index is 312. The van der Waals surface area contributed by atoms with E-state index in [4.69, 9.17) is 8.74 Å². The van der Waals surface area contributed by atoms with Crippen LogP contribution in [0.25, 0.3) is 0 Å². The Kier molecular flexibility index (Phi) is 4.96. The van der Waals surface area contributed by atoms with E-state index in [2.05, 4.69) is 0 Å². The van der Waals surface area contributed by atoms with E-state index in [0.717, 1.165) is 51.9 Å². The minimum atomic E-state index is -2.18. The van der Waals surface area contributed by atoms with Crippen molar-refractivity contribution >= 4 is 17.4 Å². The fraction of sp³-hybridized carbons (Fsp3) is 0.909. The normalized spacial score (nSPS) is 23.4. The molecule has 1 atom stereocenters. The summed E-state index contributed by atoms with van der Waals surface area (Å²) in [4.78, 5) is 15.9. The van der Waals surface area contributed by atoms with Gasteiger partial charge in [0.05, 0.1) is 6.61 Å². The van der Waals surface area contributed by atoms with E-state index in [1.807, 2.05) is 9.80 Å². The SMILES string of the molecule is O=C(N1CCCC1)N1CCC(COS(=O)O)CC1. The first-order valence-corrected chi connectivity index (χ1v) is 7.48. The molecule has 2 rings (SSSR count). The van der Waals surface area contributed by atoms with Gasteiger partial charge in [0.2, 0.25) is 0 Å². The predicted molar refractivity (Wildman–Crippen MR) is 67.2 cm³/mol. The Hall–Kier alpha value is -0.660. The number of carbonyl (C=O) groups is 1. The van der Waals surface area contributed by atoms with Crippen LogP contribution in [0.3, 0.4) is 0 Å². The maximum Gasteiger partial charge on any atom is 0.319 e. The average Bonchev–Trinajstić information content (AvgIpc) is 2.90. The van der Waals surface area contributed by atoms with Crippen molar-refractivity contribution in [1.82, 2.24) is 9.80 Å². The number of likely N-dealkylation sites (tertiary alicyclic amines) is 2. The molecule has 1 N–H and O–H groups in total. The van der Waals surface area contributed by atoms with Crippen LogP contribution in [0.5, 0.6) is 0 Å². The lowest BCUT2D eigenvalue weighted by Crippen LogP contribution is -2.46.